The van der Waals surface area contributed by atoms with Gasteiger partial charge in [-0.3, -0.25) is 4.79 Å². The van der Waals surface area contributed by atoms with Crippen molar-refractivity contribution in [3.63, 3.8) is 0 Å². The molecule has 0 unspecified atom stereocenters. The normalized spacial score (nSPS) is 12.0. The smallest absolute Gasteiger partial charge is 0.260 e. The summed E-state index contributed by atoms with van der Waals surface area (Å²) in [7, 11) is 0. The first kappa shape index (κ1) is 15.4. The van der Waals surface area contributed by atoms with E-state index in [1.165, 1.54) is 11.3 Å². The molecule has 0 spiro atoms. The molecule has 2 N–H and O–H groups in total. The summed E-state index contributed by atoms with van der Waals surface area (Å²) in [6.07, 6.45) is 3.59. The van der Waals surface area contributed by atoms with Crippen molar-refractivity contribution >= 4 is 44.1 Å². The molecule has 0 aliphatic rings. The second kappa shape index (κ2) is 5.72. The quantitative estimate of drug-likeness (QED) is 0.535. The van der Waals surface area contributed by atoms with E-state index in [9.17, 15) is 10.1 Å². The van der Waals surface area contributed by atoms with E-state index in [0.717, 1.165) is 26.9 Å². The number of aromatic nitrogens is 3. The summed E-state index contributed by atoms with van der Waals surface area (Å²) in [6, 6.07) is 10.0. The van der Waals surface area contributed by atoms with E-state index in [4.69, 9.17) is 0 Å². The highest BCUT2D eigenvalue weighted by Gasteiger charge is 2.14. The van der Waals surface area contributed by atoms with Gasteiger partial charge >= 0.3 is 0 Å². The number of nitrogens with zero attached hydrogens (tertiary/aromatic N) is 2. The van der Waals surface area contributed by atoms with Gasteiger partial charge in [0.2, 0.25) is 0 Å². The molecule has 4 aromatic rings. The summed E-state index contributed by atoms with van der Waals surface area (Å²) in [5, 5.41) is 11.2. The Morgan fingerprint density at radius 3 is 2.92 bits per heavy atom. The second-order valence-electron chi connectivity index (χ2n) is 5.84. The molecule has 0 aliphatic carbocycles. The summed E-state index contributed by atoms with van der Waals surface area (Å²) < 4.78 is 0. The van der Waals surface area contributed by atoms with Gasteiger partial charge in [-0.2, -0.15) is 5.26 Å². The number of fused-ring (bicyclic) bond motifs is 2. The number of H-pyrrole nitrogens is 2. The van der Waals surface area contributed by atoms with Crippen molar-refractivity contribution in [1.29, 1.82) is 5.26 Å². The lowest BCUT2D eigenvalue weighted by Gasteiger charge is -2.00. The van der Waals surface area contributed by atoms with Gasteiger partial charge in [0, 0.05) is 27.5 Å². The van der Waals surface area contributed by atoms with Crippen LogP contribution in [0.5, 0.6) is 0 Å². The molecule has 122 valence electrons. The predicted molar refractivity (Wildman–Crippen MR) is 101 cm³/mol. The molecule has 5 nitrogen and oxygen atoms in total. The third kappa shape index (κ3) is 2.46. The summed E-state index contributed by atoms with van der Waals surface area (Å²) in [4.78, 5) is 24.6. The summed E-state index contributed by atoms with van der Waals surface area (Å²) in [5.41, 5.74) is 2.94. The van der Waals surface area contributed by atoms with Gasteiger partial charge in [-0.05, 0) is 31.6 Å². The lowest BCUT2D eigenvalue weighted by molar-refractivity contribution is 1.13. The Morgan fingerprint density at radius 2 is 2.12 bits per heavy atom. The zero-order valence-electron chi connectivity index (χ0n) is 13.7. The Bertz CT molecular complexity index is 1250. The topological polar surface area (TPSA) is 85.3 Å². The number of aromatic amines is 2. The first-order chi connectivity index (χ1) is 12.1. The molecule has 3 heterocycles. The molecule has 0 saturated carbocycles. The molecule has 0 saturated heterocycles. The second-order valence-corrected chi connectivity index (χ2v) is 7.04. The number of nitriles is 1. The third-order valence-electron chi connectivity index (χ3n) is 4.34. The highest BCUT2D eigenvalue weighted by Crippen LogP contribution is 2.27. The van der Waals surface area contributed by atoms with Crippen LogP contribution in [0, 0.1) is 25.2 Å². The number of thiophene rings is 1. The summed E-state index contributed by atoms with van der Waals surface area (Å²) >= 11 is 1.47. The Morgan fingerprint density at radius 1 is 1.32 bits per heavy atom. The number of hydrogen-bond acceptors (Lipinski definition) is 4. The molecule has 6 heteroatoms. The predicted octanol–water partition coefficient (Wildman–Crippen LogP) is 4.15. The van der Waals surface area contributed by atoms with Gasteiger partial charge < -0.3 is 9.97 Å². The molecule has 3 aromatic heterocycles. The number of allylic oxidation sites excluding steroid dienone is 1. The van der Waals surface area contributed by atoms with Crippen LogP contribution in [-0.2, 0) is 0 Å². The summed E-state index contributed by atoms with van der Waals surface area (Å²) in [6.45, 7) is 3.88. The standard InChI is InChI=1S/C19H14N4OS/c1-10-11(2)25-19-16(10)18(24)22-17(23-19)12(8-20)7-13-9-21-15-6-4-3-5-14(13)15/h3-7,9,21H,1-2H3,(H,22,23,24)/b12-7+. The minimum Gasteiger partial charge on any atom is -0.361 e. The fourth-order valence-electron chi connectivity index (χ4n) is 2.90. The van der Waals surface area contributed by atoms with Crippen molar-refractivity contribution < 1.29 is 0 Å². The van der Waals surface area contributed by atoms with Crippen molar-refractivity contribution in [3.8, 4) is 6.07 Å². The average Bonchev–Trinajstić information content (AvgIpc) is 3.14. The number of para-hydroxylation sites is 1. The summed E-state index contributed by atoms with van der Waals surface area (Å²) in [5.74, 6) is 0.298. The van der Waals surface area contributed by atoms with Gasteiger partial charge in [-0.1, -0.05) is 18.2 Å². The van der Waals surface area contributed by atoms with Crippen LogP contribution < -0.4 is 5.56 Å². The minimum absolute atomic E-state index is 0.207. The zero-order chi connectivity index (χ0) is 17.6. The first-order valence-corrected chi connectivity index (χ1v) is 8.58. The molecule has 0 amide bonds. The van der Waals surface area contributed by atoms with Crippen molar-refractivity contribution in [3.05, 3.63) is 62.6 Å². The maximum Gasteiger partial charge on any atom is 0.260 e. The molecule has 25 heavy (non-hydrogen) atoms. The molecular weight excluding hydrogens is 332 g/mol. The number of aryl methyl sites for hydroxylation is 2. The molecule has 0 fully saturated rings. The maximum absolute atomic E-state index is 12.4. The molecule has 0 atom stereocenters. The van der Waals surface area contributed by atoms with Crippen molar-refractivity contribution in [2.24, 2.45) is 0 Å². The van der Waals surface area contributed by atoms with Crippen LogP contribution in [0.15, 0.2) is 35.3 Å². The van der Waals surface area contributed by atoms with Gasteiger partial charge in [-0.15, -0.1) is 11.3 Å². The Hall–Kier alpha value is -3.17. The van der Waals surface area contributed by atoms with Crippen LogP contribution in [0.4, 0.5) is 0 Å². The average molecular weight is 346 g/mol. The minimum atomic E-state index is -0.207. The number of hydrogen-bond donors (Lipinski definition) is 2. The van der Waals surface area contributed by atoms with Gasteiger partial charge in [0.15, 0.2) is 5.82 Å². The molecular formula is C19H14N4OS. The van der Waals surface area contributed by atoms with Crippen LogP contribution >= 0.6 is 11.3 Å². The Labute approximate surface area is 147 Å². The zero-order valence-corrected chi connectivity index (χ0v) is 14.5. The SMILES string of the molecule is Cc1sc2nc(/C(C#N)=C/c3c[nH]c4ccccc34)[nH]c(=O)c2c1C. The van der Waals surface area contributed by atoms with Crippen molar-refractivity contribution in [2.45, 2.75) is 13.8 Å². The van der Waals surface area contributed by atoms with Crippen LogP contribution in [-0.4, -0.2) is 15.0 Å². The van der Waals surface area contributed by atoms with E-state index >= 15 is 0 Å². The third-order valence-corrected chi connectivity index (χ3v) is 5.44. The number of benzene rings is 1. The highest BCUT2D eigenvalue weighted by atomic mass is 32.1. The molecule has 0 radical (unpaired) electrons. The van der Waals surface area contributed by atoms with E-state index < -0.39 is 0 Å². The lowest BCUT2D eigenvalue weighted by Crippen LogP contribution is -2.10. The molecule has 0 bridgehead atoms. The largest absolute Gasteiger partial charge is 0.361 e. The van der Waals surface area contributed by atoms with Crippen LogP contribution in [0.25, 0.3) is 32.8 Å². The van der Waals surface area contributed by atoms with E-state index in [1.807, 2.05) is 44.3 Å². The van der Waals surface area contributed by atoms with E-state index in [-0.39, 0.29) is 5.56 Å². The van der Waals surface area contributed by atoms with Crippen molar-refractivity contribution in [2.75, 3.05) is 0 Å². The first-order valence-electron chi connectivity index (χ1n) is 7.77. The van der Waals surface area contributed by atoms with Gasteiger partial charge in [-0.25, -0.2) is 4.98 Å². The lowest BCUT2D eigenvalue weighted by atomic mass is 10.1. The molecule has 4 rings (SSSR count). The molecule has 0 aliphatic heterocycles. The van der Waals surface area contributed by atoms with Gasteiger partial charge in [0.05, 0.1) is 11.0 Å². The number of nitrogens with one attached hydrogen (secondary N) is 2. The Kier molecular flexibility index (Phi) is 3.52. The van der Waals surface area contributed by atoms with E-state index in [0.29, 0.717) is 21.6 Å². The fourth-order valence-corrected chi connectivity index (χ4v) is 3.93. The van der Waals surface area contributed by atoms with Crippen LogP contribution in [0.2, 0.25) is 0 Å². The maximum atomic E-state index is 12.4. The van der Waals surface area contributed by atoms with E-state index in [1.54, 1.807) is 6.08 Å². The van der Waals surface area contributed by atoms with Crippen molar-refractivity contribution in [1.82, 2.24) is 15.0 Å². The highest BCUT2D eigenvalue weighted by molar-refractivity contribution is 7.18. The van der Waals surface area contributed by atoms with E-state index in [2.05, 4.69) is 21.0 Å². The van der Waals surface area contributed by atoms with Gasteiger partial charge in [0.1, 0.15) is 10.9 Å². The van der Waals surface area contributed by atoms with Crippen LogP contribution in [0.3, 0.4) is 0 Å². The fraction of sp³-hybridized carbons (Fsp3) is 0.105. The Balaban J connectivity index is 1.91. The van der Waals surface area contributed by atoms with Crippen LogP contribution in [0.1, 0.15) is 21.8 Å². The van der Waals surface area contributed by atoms with Gasteiger partial charge in [0.25, 0.3) is 5.56 Å². The number of rotatable bonds is 2. The monoisotopic (exact) mass is 346 g/mol. The molecule has 1 aromatic carbocycles.